The van der Waals surface area contributed by atoms with E-state index in [0.717, 1.165) is 44.5 Å². The highest BCUT2D eigenvalue weighted by Gasteiger charge is 2.26. The van der Waals surface area contributed by atoms with Crippen molar-refractivity contribution in [2.75, 3.05) is 58.8 Å². The molecule has 0 saturated carbocycles. The number of nitrogens with one attached hydrogen (secondary N) is 1. The van der Waals surface area contributed by atoms with E-state index in [9.17, 15) is 14.4 Å². The summed E-state index contributed by atoms with van der Waals surface area (Å²) in [5, 5.41) is 3.44. The Balaban J connectivity index is 1.04. The quantitative estimate of drug-likeness (QED) is 0.181. The van der Waals surface area contributed by atoms with Crippen LogP contribution in [0.1, 0.15) is 45.7 Å². The molecule has 1 saturated heterocycles. The molecule has 4 heterocycles. The molecule has 5 aromatic rings. The third kappa shape index (κ3) is 7.47. The Morgan fingerprint density at radius 2 is 1.73 bits per heavy atom. The van der Waals surface area contributed by atoms with Gasteiger partial charge < -0.3 is 29.3 Å². The lowest BCUT2D eigenvalue weighted by atomic mass is 9.92. The second-order valence-corrected chi connectivity index (χ2v) is 12.8. The number of ketones is 1. The molecule has 0 spiro atoms. The monoisotopic (exact) mass is 688 g/mol. The van der Waals surface area contributed by atoms with E-state index >= 15 is 0 Å². The molecular weight excluding hydrogens is 648 g/mol. The van der Waals surface area contributed by atoms with Crippen molar-refractivity contribution in [1.29, 1.82) is 0 Å². The average molecular weight is 689 g/mol. The summed E-state index contributed by atoms with van der Waals surface area (Å²) in [6.07, 6.45) is 5.64. The lowest BCUT2D eigenvalue weighted by Gasteiger charge is -2.32. The van der Waals surface area contributed by atoms with Crippen LogP contribution in [-0.2, 0) is 6.42 Å². The first-order valence-corrected chi connectivity index (χ1v) is 17.2. The van der Waals surface area contributed by atoms with Crippen LogP contribution in [0.5, 0.6) is 23.0 Å². The molecular formula is C39H40N6O6. The Morgan fingerprint density at radius 3 is 2.49 bits per heavy atom. The summed E-state index contributed by atoms with van der Waals surface area (Å²) in [5.74, 6) is 1.64. The van der Waals surface area contributed by atoms with Crippen LogP contribution >= 0.6 is 0 Å². The minimum absolute atomic E-state index is 0.0867. The van der Waals surface area contributed by atoms with Crippen LogP contribution in [0.2, 0.25) is 0 Å². The van der Waals surface area contributed by atoms with Gasteiger partial charge in [0.1, 0.15) is 22.9 Å². The number of nitrogens with zero attached hydrogens (tertiary/aromatic N) is 5. The van der Waals surface area contributed by atoms with Crippen molar-refractivity contribution in [1.82, 2.24) is 24.3 Å². The molecule has 1 amide bonds. The minimum Gasteiger partial charge on any atom is -0.493 e. The van der Waals surface area contributed by atoms with E-state index in [-0.39, 0.29) is 17.2 Å². The van der Waals surface area contributed by atoms with Crippen LogP contribution in [0.15, 0.2) is 83.9 Å². The lowest BCUT2D eigenvalue weighted by molar-refractivity contribution is 0.0971. The van der Waals surface area contributed by atoms with Crippen LogP contribution in [0.4, 0.5) is 5.82 Å². The standard InChI is InChI=1S/C39H40N6O6/c1-43-17-19-44(20-18-43)16-7-21-50-36-24-31-28(23-35(36)49-2)34(14-15-40-31)51-27-12-13-37(41-25-27)42-38(47)30-22-29-32(10-6-11-33(29)46)45(39(30)48)26-8-4-3-5-9-26/h3-5,8-9,12-15,22-25H,6-7,10-11,16-21H2,1-2H3,(H,41,42,47). The van der Waals surface area contributed by atoms with E-state index in [1.54, 1.807) is 43.6 Å². The largest absolute Gasteiger partial charge is 0.493 e. The maximum Gasteiger partial charge on any atom is 0.268 e. The predicted octanol–water partition coefficient (Wildman–Crippen LogP) is 5.37. The van der Waals surface area contributed by atoms with Gasteiger partial charge in [0, 0.05) is 73.7 Å². The van der Waals surface area contributed by atoms with E-state index in [1.807, 2.05) is 30.3 Å². The maximum absolute atomic E-state index is 13.7. The molecule has 0 radical (unpaired) electrons. The Hall–Kier alpha value is -5.59. The molecule has 12 nitrogen and oxygen atoms in total. The molecule has 1 fully saturated rings. The fourth-order valence-corrected chi connectivity index (χ4v) is 6.56. The van der Waals surface area contributed by atoms with Crippen molar-refractivity contribution in [3.8, 4) is 28.7 Å². The fourth-order valence-electron chi connectivity index (χ4n) is 6.56. The number of anilines is 1. The van der Waals surface area contributed by atoms with Crippen LogP contribution in [0, 0.1) is 0 Å². The highest BCUT2D eigenvalue weighted by Crippen LogP contribution is 2.37. The summed E-state index contributed by atoms with van der Waals surface area (Å²) in [6, 6.07) is 19.2. The van der Waals surface area contributed by atoms with Crippen molar-refractivity contribution in [3.05, 3.63) is 106 Å². The number of benzene rings is 2. The molecule has 2 aliphatic rings. The molecule has 12 heteroatoms. The number of pyridine rings is 3. The molecule has 3 aromatic heterocycles. The number of amides is 1. The molecule has 262 valence electrons. The van der Waals surface area contributed by atoms with E-state index in [0.29, 0.717) is 71.3 Å². The molecule has 0 unspecified atom stereocenters. The molecule has 1 aliphatic heterocycles. The summed E-state index contributed by atoms with van der Waals surface area (Å²) >= 11 is 0. The van der Waals surface area contributed by atoms with Gasteiger partial charge in [0.2, 0.25) is 0 Å². The summed E-state index contributed by atoms with van der Waals surface area (Å²) in [4.78, 5) is 53.7. The second kappa shape index (κ2) is 15.1. The number of ether oxygens (including phenoxy) is 3. The molecule has 1 aliphatic carbocycles. The minimum atomic E-state index is -0.656. The predicted molar refractivity (Wildman–Crippen MR) is 194 cm³/mol. The number of piperazine rings is 1. The Morgan fingerprint density at radius 1 is 0.902 bits per heavy atom. The topological polar surface area (TPSA) is 128 Å². The highest BCUT2D eigenvalue weighted by molar-refractivity contribution is 6.06. The Kier molecular flexibility index (Phi) is 10.0. The first kappa shape index (κ1) is 33.9. The zero-order valence-electron chi connectivity index (χ0n) is 28.8. The molecule has 0 atom stereocenters. The van der Waals surface area contributed by atoms with Gasteiger partial charge in [-0.1, -0.05) is 18.2 Å². The SMILES string of the molecule is COc1cc2c(Oc3ccc(NC(=O)c4cc5c(n(-c6ccccc6)c4=O)CCCC5=O)nc3)ccnc2cc1OCCCN1CCN(C)CC1. The van der Waals surface area contributed by atoms with Gasteiger partial charge in [-0.3, -0.25) is 23.9 Å². The summed E-state index contributed by atoms with van der Waals surface area (Å²) in [6.45, 7) is 5.87. The number of fused-ring (bicyclic) bond motifs is 2. The summed E-state index contributed by atoms with van der Waals surface area (Å²) < 4.78 is 19.5. The zero-order valence-corrected chi connectivity index (χ0v) is 28.8. The van der Waals surface area contributed by atoms with Crippen molar-refractivity contribution in [3.63, 3.8) is 0 Å². The summed E-state index contributed by atoms with van der Waals surface area (Å²) in [7, 11) is 3.76. The number of aromatic nitrogens is 3. The number of carbonyl (C=O) groups is 2. The van der Waals surface area contributed by atoms with Crippen molar-refractivity contribution >= 4 is 28.4 Å². The number of Topliss-reactive ketones (excluding diaryl/α,β-unsaturated/α-hetero) is 1. The number of carbonyl (C=O) groups excluding carboxylic acids is 2. The maximum atomic E-state index is 13.7. The van der Waals surface area contributed by atoms with Gasteiger partial charge in [0.15, 0.2) is 17.3 Å². The van der Waals surface area contributed by atoms with Gasteiger partial charge in [-0.2, -0.15) is 0 Å². The zero-order chi connectivity index (χ0) is 35.3. The van der Waals surface area contributed by atoms with Gasteiger partial charge in [-0.15, -0.1) is 0 Å². The van der Waals surface area contributed by atoms with E-state index in [1.165, 1.54) is 16.8 Å². The number of para-hydroxylation sites is 1. The van der Waals surface area contributed by atoms with Crippen LogP contribution in [0.25, 0.3) is 16.6 Å². The smallest absolute Gasteiger partial charge is 0.268 e. The Bertz CT molecular complexity index is 2110. The number of hydrogen-bond acceptors (Lipinski definition) is 10. The average Bonchev–Trinajstić information content (AvgIpc) is 3.15. The fraction of sp³-hybridized carbons (Fsp3) is 0.308. The van der Waals surface area contributed by atoms with Gasteiger partial charge in [0.05, 0.1) is 25.4 Å². The summed E-state index contributed by atoms with van der Waals surface area (Å²) in [5.41, 5.74) is 1.68. The molecule has 0 bridgehead atoms. The number of methoxy groups -OCH3 is 1. The van der Waals surface area contributed by atoms with Gasteiger partial charge >= 0.3 is 0 Å². The van der Waals surface area contributed by atoms with E-state index in [4.69, 9.17) is 14.2 Å². The second-order valence-electron chi connectivity index (χ2n) is 12.8. The van der Waals surface area contributed by atoms with Crippen LogP contribution < -0.4 is 25.1 Å². The number of likely N-dealkylation sites (N-methyl/N-ethyl adjacent to an activating group) is 1. The molecule has 51 heavy (non-hydrogen) atoms. The lowest BCUT2D eigenvalue weighted by Crippen LogP contribution is -2.44. The third-order valence-electron chi connectivity index (χ3n) is 9.34. The van der Waals surface area contributed by atoms with Crippen molar-refractivity contribution in [2.24, 2.45) is 0 Å². The van der Waals surface area contributed by atoms with E-state index in [2.05, 4.69) is 32.1 Å². The van der Waals surface area contributed by atoms with Crippen LogP contribution in [-0.4, -0.2) is 89.5 Å². The molecule has 2 aromatic carbocycles. The number of rotatable bonds is 11. The highest BCUT2D eigenvalue weighted by atomic mass is 16.5. The van der Waals surface area contributed by atoms with E-state index < -0.39 is 11.5 Å². The normalized spacial score (nSPS) is 15.0. The van der Waals surface area contributed by atoms with Gasteiger partial charge in [-0.25, -0.2) is 4.98 Å². The molecule has 1 N–H and O–H groups in total. The van der Waals surface area contributed by atoms with Gasteiger partial charge in [0.25, 0.3) is 11.5 Å². The molecule has 7 rings (SSSR count). The third-order valence-corrected chi connectivity index (χ3v) is 9.34. The first-order chi connectivity index (χ1) is 24.9. The van der Waals surface area contributed by atoms with Crippen LogP contribution in [0.3, 0.4) is 0 Å². The first-order valence-electron chi connectivity index (χ1n) is 17.2. The van der Waals surface area contributed by atoms with Crippen molar-refractivity contribution < 1.29 is 23.8 Å². The Labute approximate surface area is 295 Å². The van der Waals surface area contributed by atoms with Crippen molar-refractivity contribution in [2.45, 2.75) is 25.7 Å². The number of hydrogen-bond donors (Lipinski definition) is 1. The van der Waals surface area contributed by atoms with Gasteiger partial charge in [-0.05, 0) is 68.8 Å².